The lowest BCUT2D eigenvalue weighted by Crippen LogP contribution is -2.24. The van der Waals surface area contributed by atoms with E-state index in [2.05, 4.69) is 41.6 Å². The van der Waals surface area contributed by atoms with Gasteiger partial charge in [0.15, 0.2) is 5.13 Å². The first kappa shape index (κ1) is 14.7. The van der Waals surface area contributed by atoms with Crippen molar-refractivity contribution in [3.63, 3.8) is 0 Å². The fourth-order valence-electron chi connectivity index (χ4n) is 1.84. The van der Waals surface area contributed by atoms with Crippen LogP contribution in [-0.4, -0.2) is 24.5 Å². The molecule has 1 aromatic carbocycles. The van der Waals surface area contributed by atoms with E-state index in [1.807, 2.05) is 17.5 Å². The molecule has 20 heavy (non-hydrogen) atoms. The zero-order valence-corrected chi connectivity index (χ0v) is 12.8. The molecule has 5 heteroatoms. The Morgan fingerprint density at radius 2 is 2.20 bits per heavy atom. The fraction of sp³-hybridized carbons (Fsp3) is 0.333. The molecule has 0 bridgehead atoms. The van der Waals surface area contributed by atoms with Gasteiger partial charge in [-0.3, -0.25) is 4.79 Å². The summed E-state index contributed by atoms with van der Waals surface area (Å²) in [6, 6.07) is 8.36. The number of rotatable bonds is 5. The zero-order chi connectivity index (χ0) is 14.5. The highest BCUT2D eigenvalue weighted by Crippen LogP contribution is 2.27. The Bertz CT molecular complexity index is 592. The number of likely N-dealkylation sites (N-methyl/N-ethyl adjacent to an activating group) is 1. The van der Waals surface area contributed by atoms with E-state index in [4.69, 9.17) is 0 Å². The number of benzene rings is 1. The van der Waals surface area contributed by atoms with Gasteiger partial charge in [-0.05, 0) is 24.6 Å². The number of thiazole rings is 1. The zero-order valence-electron chi connectivity index (χ0n) is 11.9. The monoisotopic (exact) mass is 289 g/mol. The molecule has 2 rings (SSSR count). The first-order valence-corrected chi connectivity index (χ1v) is 7.48. The maximum absolute atomic E-state index is 11.5. The minimum Gasteiger partial charge on any atom is -0.311 e. The van der Waals surface area contributed by atoms with Gasteiger partial charge in [0.1, 0.15) is 0 Å². The Hall–Kier alpha value is -1.72. The summed E-state index contributed by atoms with van der Waals surface area (Å²) in [4.78, 5) is 16.0. The van der Waals surface area contributed by atoms with Gasteiger partial charge in [0.2, 0.25) is 5.91 Å². The van der Waals surface area contributed by atoms with Crippen molar-refractivity contribution < 1.29 is 4.79 Å². The molecule has 0 saturated heterocycles. The largest absolute Gasteiger partial charge is 0.311 e. The molecule has 0 spiro atoms. The topological polar surface area (TPSA) is 54.0 Å². The quantitative estimate of drug-likeness (QED) is 0.889. The van der Waals surface area contributed by atoms with Gasteiger partial charge in [-0.1, -0.05) is 32.0 Å². The normalized spacial score (nSPS) is 10.8. The Kier molecular flexibility index (Phi) is 4.87. The predicted molar refractivity (Wildman–Crippen MR) is 84.2 cm³/mol. The highest BCUT2D eigenvalue weighted by atomic mass is 32.1. The molecular weight excluding hydrogens is 270 g/mol. The van der Waals surface area contributed by atoms with Crippen LogP contribution in [0.1, 0.15) is 25.3 Å². The smallest absolute Gasteiger partial charge is 0.240 e. The van der Waals surface area contributed by atoms with E-state index in [1.165, 1.54) is 16.9 Å². The maximum atomic E-state index is 11.5. The van der Waals surface area contributed by atoms with E-state index in [0.29, 0.717) is 11.0 Å². The minimum atomic E-state index is -0.0793. The molecule has 106 valence electrons. The summed E-state index contributed by atoms with van der Waals surface area (Å²) in [7, 11) is 1.74. The van der Waals surface area contributed by atoms with E-state index in [9.17, 15) is 4.79 Å². The molecule has 0 aliphatic carbocycles. The van der Waals surface area contributed by atoms with Crippen LogP contribution in [0.4, 0.5) is 5.13 Å². The third-order valence-corrected chi connectivity index (χ3v) is 3.69. The van der Waals surface area contributed by atoms with Crippen LogP contribution in [0.3, 0.4) is 0 Å². The van der Waals surface area contributed by atoms with Crippen molar-refractivity contribution in [2.75, 3.05) is 18.9 Å². The molecule has 0 atom stereocenters. The van der Waals surface area contributed by atoms with Crippen molar-refractivity contribution in [1.82, 2.24) is 10.3 Å². The second kappa shape index (κ2) is 6.63. The molecule has 0 aliphatic rings. The summed E-state index contributed by atoms with van der Waals surface area (Å²) in [6.07, 6.45) is 0. The maximum Gasteiger partial charge on any atom is 0.240 e. The molecule has 2 N–H and O–H groups in total. The number of hydrogen-bond acceptors (Lipinski definition) is 4. The number of carbonyl (C=O) groups excluding carboxylic acids is 1. The molecule has 0 fully saturated rings. The minimum absolute atomic E-state index is 0.0793. The van der Waals surface area contributed by atoms with E-state index < -0.39 is 0 Å². The van der Waals surface area contributed by atoms with E-state index in [0.717, 1.165) is 11.3 Å². The Morgan fingerprint density at radius 3 is 2.90 bits per heavy atom. The average molecular weight is 289 g/mol. The van der Waals surface area contributed by atoms with Crippen LogP contribution in [0.2, 0.25) is 0 Å². The summed E-state index contributed by atoms with van der Waals surface area (Å²) in [5.74, 6) is 0.410. The molecule has 1 amide bonds. The van der Waals surface area contributed by atoms with Crippen LogP contribution in [0.5, 0.6) is 0 Å². The van der Waals surface area contributed by atoms with Crippen LogP contribution in [-0.2, 0) is 4.79 Å². The summed E-state index contributed by atoms with van der Waals surface area (Å²) in [6.45, 7) is 4.63. The summed E-state index contributed by atoms with van der Waals surface area (Å²) in [5.41, 5.74) is 3.27. The molecule has 0 aliphatic heterocycles. The van der Waals surface area contributed by atoms with Crippen LogP contribution in [0, 0.1) is 0 Å². The third-order valence-electron chi connectivity index (χ3n) is 2.94. The van der Waals surface area contributed by atoms with E-state index >= 15 is 0 Å². The molecule has 2 aromatic rings. The Balaban J connectivity index is 2.16. The van der Waals surface area contributed by atoms with Crippen molar-refractivity contribution in [3.8, 4) is 11.3 Å². The molecule has 4 nitrogen and oxygen atoms in total. The van der Waals surface area contributed by atoms with Gasteiger partial charge < -0.3 is 10.6 Å². The van der Waals surface area contributed by atoms with Gasteiger partial charge in [-0.2, -0.15) is 0 Å². The number of nitrogens with zero attached hydrogens (tertiary/aromatic N) is 1. The molecule has 0 radical (unpaired) electrons. The number of hydrogen-bond donors (Lipinski definition) is 2. The molecule has 1 aromatic heterocycles. The van der Waals surface area contributed by atoms with Crippen molar-refractivity contribution in [1.29, 1.82) is 0 Å². The fourth-order valence-corrected chi connectivity index (χ4v) is 2.58. The van der Waals surface area contributed by atoms with Crippen LogP contribution in [0.15, 0.2) is 29.6 Å². The first-order valence-electron chi connectivity index (χ1n) is 6.60. The van der Waals surface area contributed by atoms with Gasteiger partial charge in [0.05, 0.1) is 12.2 Å². The highest BCUT2D eigenvalue weighted by molar-refractivity contribution is 7.14. The number of amides is 1. The second-order valence-corrected chi connectivity index (χ2v) is 5.75. The lowest BCUT2D eigenvalue weighted by atomic mass is 10.0. The highest BCUT2D eigenvalue weighted by Gasteiger charge is 2.08. The van der Waals surface area contributed by atoms with E-state index in [1.54, 1.807) is 7.05 Å². The summed E-state index contributed by atoms with van der Waals surface area (Å²) >= 11 is 1.44. The lowest BCUT2D eigenvalue weighted by Gasteiger charge is -2.06. The Morgan fingerprint density at radius 1 is 1.40 bits per heavy atom. The number of carbonyl (C=O) groups is 1. The molecule has 0 saturated carbocycles. The van der Waals surface area contributed by atoms with Gasteiger partial charge in [-0.25, -0.2) is 4.98 Å². The van der Waals surface area contributed by atoms with Crippen molar-refractivity contribution in [2.45, 2.75) is 19.8 Å². The predicted octanol–water partition coefficient (Wildman–Crippen LogP) is 3.09. The van der Waals surface area contributed by atoms with Gasteiger partial charge >= 0.3 is 0 Å². The summed E-state index contributed by atoms with van der Waals surface area (Å²) < 4.78 is 0. The molecule has 0 unspecified atom stereocenters. The standard InChI is InChI=1S/C15H19N3OS/c1-10(2)11-5-4-6-12(7-11)13-9-20-15(17-13)18-14(19)8-16-3/h4-7,9-10,16H,8H2,1-3H3,(H,17,18,19). The van der Waals surface area contributed by atoms with Gasteiger partial charge in [0, 0.05) is 10.9 Å². The van der Waals surface area contributed by atoms with E-state index in [-0.39, 0.29) is 12.5 Å². The number of nitrogens with one attached hydrogen (secondary N) is 2. The molecular formula is C15H19N3OS. The van der Waals surface area contributed by atoms with Crippen LogP contribution in [0.25, 0.3) is 11.3 Å². The first-order chi connectivity index (χ1) is 9.60. The number of aromatic nitrogens is 1. The SMILES string of the molecule is CNCC(=O)Nc1nc(-c2cccc(C(C)C)c2)cs1. The van der Waals surface area contributed by atoms with Gasteiger partial charge in [0.25, 0.3) is 0 Å². The lowest BCUT2D eigenvalue weighted by molar-refractivity contribution is -0.115. The third kappa shape index (κ3) is 3.65. The van der Waals surface area contributed by atoms with Crippen molar-refractivity contribution in [3.05, 3.63) is 35.2 Å². The van der Waals surface area contributed by atoms with Gasteiger partial charge in [-0.15, -0.1) is 11.3 Å². The second-order valence-electron chi connectivity index (χ2n) is 4.90. The summed E-state index contributed by atoms with van der Waals surface area (Å²) in [5, 5.41) is 8.19. The number of anilines is 1. The van der Waals surface area contributed by atoms with Crippen LogP contribution >= 0.6 is 11.3 Å². The van der Waals surface area contributed by atoms with Crippen LogP contribution < -0.4 is 10.6 Å². The molecule has 1 heterocycles. The van der Waals surface area contributed by atoms with Crippen molar-refractivity contribution in [2.24, 2.45) is 0 Å². The Labute approximate surface area is 123 Å². The van der Waals surface area contributed by atoms with Crippen molar-refractivity contribution >= 4 is 22.4 Å². The average Bonchev–Trinajstić information content (AvgIpc) is 2.87.